The van der Waals surface area contributed by atoms with Crippen molar-refractivity contribution in [2.24, 2.45) is 0 Å². The number of thiol groups is 1. The third-order valence-electron chi connectivity index (χ3n) is 1.28. The van der Waals surface area contributed by atoms with Crippen molar-refractivity contribution < 1.29 is 26.3 Å². The van der Waals surface area contributed by atoms with Crippen molar-refractivity contribution in [3.05, 3.63) is 12.2 Å². The van der Waals surface area contributed by atoms with Crippen molar-refractivity contribution in [1.29, 1.82) is 0 Å². The van der Waals surface area contributed by atoms with Gasteiger partial charge in [0, 0.05) is 5.75 Å². The standard InChI is InChI=1S/C6H5BrF6S/c7-5(9,10)4(8,2-1-3-14)6(11,12)13/h1-2,14H,3H2. The summed E-state index contributed by atoms with van der Waals surface area (Å²) >= 11 is 4.81. The van der Waals surface area contributed by atoms with Crippen LogP contribution in [0.2, 0.25) is 0 Å². The smallest absolute Gasteiger partial charge is 0.221 e. The van der Waals surface area contributed by atoms with Gasteiger partial charge in [-0.3, -0.25) is 0 Å². The summed E-state index contributed by atoms with van der Waals surface area (Å²) in [7, 11) is 0. The Bertz CT molecular complexity index is 203. The number of hydrogen-bond donors (Lipinski definition) is 1. The fourth-order valence-corrected chi connectivity index (χ4v) is 1.03. The summed E-state index contributed by atoms with van der Waals surface area (Å²) in [5.41, 5.74) is -4.72. The molecule has 0 N–H and O–H groups in total. The van der Waals surface area contributed by atoms with Gasteiger partial charge in [-0.2, -0.15) is 34.6 Å². The van der Waals surface area contributed by atoms with Crippen molar-refractivity contribution in [3.8, 4) is 0 Å². The monoisotopic (exact) mass is 302 g/mol. The molecule has 0 fully saturated rings. The predicted molar refractivity (Wildman–Crippen MR) is 46.8 cm³/mol. The van der Waals surface area contributed by atoms with Gasteiger partial charge in [0.2, 0.25) is 0 Å². The Morgan fingerprint density at radius 2 is 1.50 bits per heavy atom. The predicted octanol–water partition coefficient (Wildman–Crippen LogP) is 3.73. The van der Waals surface area contributed by atoms with E-state index in [2.05, 4.69) is 12.6 Å². The summed E-state index contributed by atoms with van der Waals surface area (Å²) in [5, 5.41) is 0. The van der Waals surface area contributed by atoms with Gasteiger partial charge in [0.15, 0.2) is 0 Å². The normalized spacial score (nSPS) is 18.6. The Hall–Kier alpha value is 0.150. The molecule has 0 radical (unpaired) electrons. The molecule has 0 saturated heterocycles. The molecule has 0 aromatic carbocycles. The maximum absolute atomic E-state index is 13.0. The SMILES string of the molecule is FC(F)(F)C(F)(C=CCS)C(F)(F)Br. The van der Waals surface area contributed by atoms with Gasteiger partial charge in [-0.1, -0.05) is 6.08 Å². The molecule has 8 heteroatoms. The van der Waals surface area contributed by atoms with Crippen molar-refractivity contribution in [3.63, 3.8) is 0 Å². The van der Waals surface area contributed by atoms with Crippen molar-refractivity contribution >= 4 is 28.6 Å². The zero-order valence-corrected chi connectivity index (χ0v) is 8.94. The second-order valence-electron chi connectivity index (χ2n) is 2.29. The van der Waals surface area contributed by atoms with Crippen LogP contribution in [-0.4, -0.2) is 22.4 Å². The molecule has 1 atom stereocenters. The first-order valence-electron chi connectivity index (χ1n) is 3.17. The lowest BCUT2D eigenvalue weighted by atomic mass is 10.1. The molecule has 0 bridgehead atoms. The zero-order chi connectivity index (χ0) is 11.6. The van der Waals surface area contributed by atoms with Crippen molar-refractivity contribution in [1.82, 2.24) is 0 Å². The van der Waals surface area contributed by atoms with Crippen LogP contribution in [0.1, 0.15) is 0 Å². The maximum atomic E-state index is 13.0. The highest BCUT2D eigenvalue weighted by Crippen LogP contribution is 2.49. The molecule has 0 heterocycles. The summed E-state index contributed by atoms with van der Waals surface area (Å²) < 4.78 is 73.5. The molecular weight excluding hydrogens is 298 g/mol. The molecule has 0 nitrogen and oxygen atoms in total. The van der Waals surface area contributed by atoms with E-state index in [0.717, 1.165) is 0 Å². The second kappa shape index (κ2) is 4.34. The molecule has 14 heavy (non-hydrogen) atoms. The minimum atomic E-state index is -5.69. The Kier molecular flexibility index (Phi) is 4.39. The first-order valence-corrected chi connectivity index (χ1v) is 4.59. The molecule has 0 aliphatic heterocycles. The van der Waals surface area contributed by atoms with E-state index in [1.54, 1.807) is 0 Å². The molecule has 0 amide bonds. The molecule has 0 aliphatic carbocycles. The summed E-state index contributed by atoms with van der Waals surface area (Å²) in [6.07, 6.45) is -5.39. The van der Waals surface area contributed by atoms with E-state index < -0.39 is 16.7 Å². The Labute approximate surface area is 89.9 Å². The van der Waals surface area contributed by atoms with E-state index in [4.69, 9.17) is 0 Å². The Balaban J connectivity index is 5.18. The molecule has 84 valence electrons. The summed E-state index contributed by atoms with van der Waals surface area (Å²) in [6, 6.07) is 0. The van der Waals surface area contributed by atoms with Gasteiger partial charge in [-0.25, -0.2) is 4.39 Å². The zero-order valence-electron chi connectivity index (χ0n) is 6.45. The van der Waals surface area contributed by atoms with Crippen molar-refractivity contribution in [2.45, 2.75) is 16.7 Å². The number of allylic oxidation sites excluding steroid dienone is 1. The second-order valence-corrected chi connectivity index (χ2v) is 3.65. The fourth-order valence-electron chi connectivity index (χ4n) is 0.565. The van der Waals surface area contributed by atoms with Gasteiger partial charge in [0.05, 0.1) is 0 Å². The van der Waals surface area contributed by atoms with Crippen LogP contribution in [0, 0.1) is 0 Å². The fraction of sp³-hybridized carbons (Fsp3) is 0.667. The molecule has 0 rings (SSSR count). The number of rotatable bonds is 3. The largest absolute Gasteiger partial charge is 0.433 e. The third-order valence-corrected chi connectivity index (χ3v) is 2.07. The van der Waals surface area contributed by atoms with Gasteiger partial charge in [0.25, 0.3) is 5.67 Å². The van der Waals surface area contributed by atoms with Crippen LogP contribution >= 0.6 is 28.6 Å². The van der Waals surface area contributed by atoms with Crippen LogP contribution in [0.5, 0.6) is 0 Å². The Morgan fingerprint density at radius 1 is 1.07 bits per heavy atom. The summed E-state index contributed by atoms with van der Waals surface area (Å²) in [4.78, 5) is -4.71. The van der Waals surface area contributed by atoms with Gasteiger partial charge in [-0.15, -0.1) is 0 Å². The lowest BCUT2D eigenvalue weighted by Gasteiger charge is -2.28. The average Bonchev–Trinajstić information content (AvgIpc) is 1.95. The van der Waals surface area contributed by atoms with Crippen LogP contribution in [-0.2, 0) is 0 Å². The highest BCUT2D eigenvalue weighted by Gasteiger charge is 2.68. The lowest BCUT2D eigenvalue weighted by molar-refractivity contribution is -0.254. The molecule has 0 saturated carbocycles. The lowest BCUT2D eigenvalue weighted by Crippen LogP contribution is -2.50. The van der Waals surface area contributed by atoms with Crippen LogP contribution in [0.4, 0.5) is 26.3 Å². The molecule has 0 aromatic rings. The topological polar surface area (TPSA) is 0 Å². The molecule has 0 aromatic heterocycles. The summed E-state index contributed by atoms with van der Waals surface area (Å²) in [6.45, 7) is 0. The van der Waals surface area contributed by atoms with Gasteiger partial charge >= 0.3 is 11.0 Å². The summed E-state index contributed by atoms with van der Waals surface area (Å²) in [5.74, 6) is -0.273. The minimum absolute atomic E-state index is 0.255. The number of alkyl halides is 7. The first-order chi connectivity index (χ1) is 6.06. The van der Waals surface area contributed by atoms with Gasteiger partial charge in [-0.05, 0) is 22.0 Å². The number of halogens is 7. The quantitative estimate of drug-likeness (QED) is 0.349. The van der Waals surface area contributed by atoms with E-state index in [9.17, 15) is 26.3 Å². The van der Waals surface area contributed by atoms with Gasteiger partial charge in [0.1, 0.15) is 0 Å². The van der Waals surface area contributed by atoms with Gasteiger partial charge < -0.3 is 0 Å². The molecule has 1 unspecified atom stereocenters. The molecule has 0 spiro atoms. The van der Waals surface area contributed by atoms with Crippen LogP contribution < -0.4 is 0 Å². The minimum Gasteiger partial charge on any atom is -0.221 e. The maximum Gasteiger partial charge on any atom is 0.433 e. The highest BCUT2D eigenvalue weighted by atomic mass is 79.9. The molecular formula is C6H5BrF6S. The highest BCUT2D eigenvalue weighted by molar-refractivity contribution is 9.10. The molecule has 0 aliphatic rings. The van der Waals surface area contributed by atoms with Crippen LogP contribution in [0.15, 0.2) is 12.2 Å². The first kappa shape index (κ1) is 14.2. The Morgan fingerprint density at radius 3 is 1.71 bits per heavy atom. The van der Waals surface area contributed by atoms with E-state index in [1.165, 1.54) is 15.9 Å². The van der Waals surface area contributed by atoms with E-state index in [0.29, 0.717) is 6.08 Å². The van der Waals surface area contributed by atoms with E-state index >= 15 is 0 Å². The van der Waals surface area contributed by atoms with Crippen molar-refractivity contribution in [2.75, 3.05) is 5.75 Å². The van der Waals surface area contributed by atoms with Crippen LogP contribution in [0.3, 0.4) is 0 Å². The average molecular weight is 303 g/mol. The van der Waals surface area contributed by atoms with E-state index in [1.807, 2.05) is 0 Å². The van der Waals surface area contributed by atoms with Crippen LogP contribution in [0.25, 0.3) is 0 Å². The number of hydrogen-bond acceptors (Lipinski definition) is 1. The third kappa shape index (κ3) is 2.82. The van der Waals surface area contributed by atoms with E-state index in [-0.39, 0.29) is 11.8 Å².